The number of aryl methyl sites for hydroxylation is 4. The second-order valence-electron chi connectivity index (χ2n) is 9.77. The largest absolute Gasteiger partial charge is 0.334 e. The fourth-order valence-electron chi connectivity index (χ4n) is 5.32. The Morgan fingerprint density at radius 1 is 1.06 bits per heavy atom. The third kappa shape index (κ3) is 4.15. The van der Waals surface area contributed by atoms with E-state index in [1.54, 1.807) is 0 Å². The number of fused-ring (bicyclic) bond motifs is 2. The number of aromatic nitrogens is 3. The minimum atomic E-state index is -0.0673. The van der Waals surface area contributed by atoms with Crippen LogP contribution >= 0.6 is 0 Å². The van der Waals surface area contributed by atoms with Crippen LogP contribution in [0.1, 0.15) is 68.6 Å². The van der Waals surface area contributed by atoms with E-state index in [0.29, 0.717) is 19.5 Å². The normalized spacial score (nSPS) is 13.9. The summed E-state index contributed by atoms with van der Waals surface area (Å²) in [6.07, 6.45) is 1.21. The van der Waals surface area contributed by atoms with Crippen molar-refractivity contribution in [1.82, 2.24) is 19.9 Å². The summed E-state index contributed by atoms with van der Waals surface area (Å²) in [5, 5.41) is 18.4. The molecule has 0 fully saturated rings. The van der Waals surface area contributed by atoms with E-state index in [0.717, 1.165) is 57.4 Å². The molecule has 36 heavy (non-hydrogen) atoms. The van der Waals surface area contributed by atoms with Gasteiger partial charge in [-0.05, 0) is 91.3 Å². The topological polar surface area (TPSA) is 74.8 Å². The molecule has 1 amide bonds. The molecule has 3 aromatic carbocycles. The third-order valence-corrected chi connectivity index (χ3v) is 7.64. The molecule has 0 N–H and O–H groups in total. The Bertz CT molecular complexity index is 1510. The third-order valence-electron chi connectivity index (χ3n) is 7.64. The van der Waals surface area contributed by atoms with Crippen molar-refractivity contribution in [3.8, 4) is 6.07 Å². The number of carbonyl (C=O) groups is 1. The van der Waals surface area contributed by atoms with Gasteiger partial charge < -0.3 is 4.90 Å². The van der Waals surface area contributed by atoms with Crippen LogP contribution in [-0.4, -0.2) is 32.3 Å². The number of hydrogen-bond acceptors (Lipinski definition) is 4. The van der Waals surface area contributed by atoms with Gasteiger partial charge in [0.1, 0.15) is 5.52 Å². The average Bonchev–Trinajstić information content (AvgIpc) is 3.32. The maximum Gasteiger partial charge on any atom is 0.254 e. The van der Waals surface area contributed by atoms with Gasteiger partial charge in [0, 0.05) is 37.5 Å². The molecule has 0 saturated heterocycles. The van der Waals surface area contributed by atoms with E-state index >= 15 is 0 Å². The van der Waals surface area contributed by atoms with E-state index in [2.05, 4.69) is 67.5 Å². The number of carbonyl (C=O) groups excluding carboxylic acids is 1. The maximum atomic E-state index is 13.3. The van der Waals surface area contributed by atoms with Crippen LogP contribution in [0.5, 0.6) is 0 Å². The van der Waals surface area contributed by atoms with Crippen molar-refractivity contribution in [2.24, 2.45) is 0 Å². The smallest absolute Gasteiger partial charge is 0.254 e. The Hall–Kier alpha value is -3.98. The summed E-state index contributed by atoms with van der Waals surface area (Å²) in [7, 11) is 0. The van der Waals surface area contributed by atoms with Gasteiger partial charge in [0.2, 0.25) is 0 Å². The molecule has 6 heteroatoms. The molecule has 5 rings (SSSR count). The average molecular weight is 478 g/mol. The molecule has 1 unspecified atom stereocenters. The number of rotatable bonds is 5. The highest BCUT2D eigenvalue weighted by atomic mass is 16.2. The molecule has 0 bridgehead atoms. The van der Waals surface area contributed by atoms with Crippen LogP contribution < -0.4 is 0 Å². The molecule has 0 saturated carbocycles. The van der Waals surface area contributed by atoms with Gasteiger partial charge in [0.25, 0.3) is 5.91 Å². The van der Waals surface area contributed by atoms with E-state index in [-0.39, 0.29) is 11.8 Å². The molecule has 1 aromatic heterocycles. The first-order valence-electron chi connectivity index (χ1n) is 12.6. The van der Waals surface area contributed by atoms with Gasteiger partial charge in [0.15, 0.2) is 0 Å². The Kier molecular flexibility index (Phi) is 6.32. The SMILES string of the molecule is CCn1nnc2c(C)c(C(CC#N)c3ccc4c(c3)CN(C(=O)c3ccc(C)c(C)c3)CC4)ccc21. The van der Waals surface area contributed by atoms with Gasteiger partial charge in [-0.2, -0.15) is 5.26 Å². The van der Waals surface area contributed by atoms with Crippen LogP contribution in [0, 0.1) is 32.1 Å². The highest BCUT2D eigenvalue weighted by Crippen LogP contribution is 2.35. The van der Waals surface area contributed by atoms with Crippen molar-refractivity contribution in [1.29, 1.82) is 5.26 Å². The van der Waals surface area contributed by atoms with Gasteiger partial charge >= 0.3 is 0 Å². The first-order valence-corrected chi connectivity index (χ1v) is 12.6. The molecule has 1 aliphatic rings. The zero-order chi connectivity index (χ0) is 25.4. The molecule has 1 aliphatic heterocycles. The molecule has 0 radical (unpaired) electrons. The Labute approximate surface area is 212 Å². The van der Waals surface area contributed by atoms with Crippen LogP contribution in [0.3, 0.4) is 0 Å². The van der Waals surface area contributed by atoms with Crippen molar-refractivity contribution in [3.05, 3.63) is 93.0 Å². The van der Waals surface area contributed by atoms with Gasteiger partial charge in [0.05, 0.1) is 11.6 Å². The first-order chi connectivity index (χ1) is 17.4. The van der Waals surface area contributed by atoms with Gasteiger partial charge in [-0.25, -0.2) is 4.68 Å². The van der Waals surface area contributed by atoms with Crippen molar-refractivity contribution < 1.29 is 4.79 Å². The Balaban J connectivity index is 1.47. The molecule has 4 aromatic rings. The number of nitriles is 1. The second-order valence-corrected chi connectivity index (χ2v) is 9.77. The molecular weight excluding hydrogens is 446 g/mol. The summed E-state index contributed by atoms with van der Waals surface area (Å²) in [4.78, 5) is 15.2. The molecule has 1 atom stereocenters. The van der Waals surface area contributed by atoms with Crippen molar-refractivity contribution in [2.45, 2.75) is 59.5 Å². The summed E-state index contributed by atoms with van der Waals surface area (Å²) in [6, 6.07) is 19.0. The lowest BCUT2D eigenvalue weighted by molar-refractivity contribution is 0.0734. The van der Waals surface area contributed by atoms with Crippen molar-refractivity contribution >= 4 is 16.9 Å². The Morgan fingerprint density at radius 3 is 2.64 bits per heavy atom. The van der Waals surface area contributed by atoms with Crippen molar-refractivity contribution in [2.75, 3.05) is 6.54 Å². The van der Waals surface area contributed by atoms with Crippen LogP contribution in [0.2, 0.25) is 0 Å². The lowest BCUT2D eigenvalue weighted by Gasteiger charge is -2.30. The molecule has 2 heterocycles. The minimum Gasteiger partial charge on any atom is -0.334 e. The van der Waals surface area contributed by atoms with E-state index in [1.807, 2.05) is 34.7 Å². The van der Waals surface area contributed by atoms with E-state index in [1.165, 1.54) is 11.1 Å². The predicted octanol–water partition coefficient (Wildman–Crippen LogP) is 5.62. The van der Waals surface area contributed by atoms with Gasteiger partial charge in [-0.1, -0.05) is 35.5 Å². The van der Waals surface area contributed by atoms with Gasteiger partial charge in [-0.3, -0.25) is 4.79 Å². The fraction of sp³-hybridized carbons (Fsp3) is 0.333. The van der Waals surface area contributed by atoms with E-state index in [9.17, 15) is 10.1 Å². The van der Waals surface area contributed by atoms with E-state index in [4.69, 9.17) is 0 Å². The zero-order valence-corrected chi connectivity index (χ0v) is 21.4. The molecule has 0 aliphatic carbocycles. The summed E-state index contributed by atoms with van der Waals surface area (Å²) < 4.78 is 1.89. The predicted molar refractivity (Wildman–Crippen MR) is 141 cm³/mol. The molecule has 0 spiro atoms. The second kappa shape index (κ2) is 9.58. The number of nitrogens with zero attached hydrogens (tertiary/aromatic N) is 5. The lowest BCUT2D eigenvalue weighted by Crippen LogP contribution is -2.36. The monoisotopic (exact) mass is 477 g/mol. The summed E-state index contributed by atoms with van der Waals surface area (Å²) in [5.41, 5.74) is 10.7. The highest BCUT2D eigenvalue weighted by molar-refractivity contribution is 5.94. The first kappa shape index (κ1) is 23.7. The zero-order valence-electron chi connectivity index (χ0n) is 21.4. The van der Waals surface area contributed by atoms with Crippen LogP contribution in [0.4, 0.5) is 0 Å². The summed E-state index contributed by atoms with van der Waals surface area (Å²) in [5.74, 6) is 0.00494. The standard InChI is InChI=1S/C30H31N5O/c1-5-35-28-11-10-26(21(4)29(28)32-33-35)27(12-14-31)23-9-8-22-13-15-34(18-25(22)17-23)30(36)24-7-6-19(2)20(3)16-24/h6-11,16-17,27H,5,12-13,15,18H2,1-4H3. The quantitative estimate of drug-likeness (QED) is 0.374. The molecule has 6 nitrogen and oxygen atoms in total. The number of hydrogen-bond donors (Lipinski definition) is 0. The van der Waals surface area contributed by atoms with Crippen LogP contribution in [0.25, 0.3) is 11.0 Å². The van der Waals surface area contributed by atoms with Crippen molar-refractivity contribution in [3.63, 3.8) is 0 Å². The highest BCUT2D eigenvalue weighted by Gasteiger charge is 2.25. The number of benzene rings is 3. The van der Waals surface area contributed by atoms with Gasteiger partial charge in [-0.15, -0.1) is 5.10 Å². The minimum absolute atomic E-state index is 0.0673. The van der Waals surface area contributed by atoms with E-state index < -0.39 is 0 Å². The van der Waals surface area contributed by atoms with Crippen LogP contribution in [0.15, 0.2) is 48.5 Å². The maximum absolute atomic E-state index is 13.3. The molecular formula is C30H31N5O. The lowest BCUT2D eigenvalue weighted by atomic mass is 9.84. The Morgan fingerprint density at radius 2 is 1.89 bits per heavy atom. The summed E-state index contributed by atoms with van der Waals surface area (Å²) >= 11 is 0. The molecule has 182 valence electrons. The summed E-state index contributed by atoms with van der Waals surface area (Å²) in [6.45, 7) is 10.3. The fourth-order valence-corrected chi connectivity index (χ4v) is 5.32. The number of amides is 1. The van der Waals surface area contributed by atoms with Crippen LogP contribution in [-0.2, 0) is 19.5 Å².